The summed E-state index contributed by atoms with van der Waals surface area (Å²) in [6.07, 6.45) is -5.94. The first-order valence-corrected chi connectivity index (χ1v) is 11.9. The number of primary amides is 1. The molecule has 4 rings (SSSR count). The van der Waals surface area contributed by atoms with Crippen LogP contribution in [0.5, 0.6) is 0 Å². The number of imidazole rings is 1. The van der Waals surface area contributed by atoms with Gasteiger partial charge in [-0.2, -0.15) is 36.5 Å². The van der Waals surface area contributed by atoms with Crippen molar-refractivity contribution in [3.63, 3.8) is 0 Å². The van der Waals surface area contributed by atoms with Crippen LogP contribution in [0.1, 0.15) is 54.1 Å². The molecule has 1 aliphatic rings. The lowest BCUT2D eigenvalue weighted by Gasteiger charge is -2.31. The number of halogens is 6. The second-order valence-corrected chi connectivity index (χ2v) is 10.1. The minimum absolute atomic E-state index is 0.0764. The van der Waals surface area contributed by atoms with Gasteiger partial charge in [-0.05, 0) is 18.6 Å². The van der Waals surface area contributed by atoms with E-state index in [4.69, 9.17) is 10.5 Å². The van der Waals surface area contributed by atoms with E-state index in [0.717, 1.165) is 23.4 Å². The highest BCUT2D eigenvalue weighted by Crippen LogP contribution is 2.45. The number of carbonyl (C=O) groups is 2. The summed E-state index contributed by atoms with van der Waals surface area (Å²) in [5.74, 6) is -0.903. The van der Waals surface area contributed by atoms with Gasteiger partial charge in [0.2, 0.25) is 0 Å². The molecule has 3 atom stereocenters. The quantitative estimate of drug-likeness (QED) is 0.376. The molecule has 0 aromatic carbocycles. The molecule has 0 radical (unpaired) electrons. The lowest BCUT2D eigenvalue weighted by molar-refractivity contribution is -0.215. The van der Waals surface area contributed by atoms with Gasteiger partial charge < -0.3 is 20.7 Å². The van der Waals surface area contributed by atoms with Crippen molar-refractivity contribution in [2.24, 2.45) is 11.1 Å². The summed E-state index contributed by atoms with van der Waals surface area (Å²) in [4.78, 5) is 29.7. The third-order valence-corrected chi connectivity index (χ3v) is 6.81. The Balaban J connectivity index is 1.74. The van der Waals surface area contributed by atoms with Crippen LogP contribution in [0.25, 0.3) is 5.65 Å². The van der Waals surface area contributed by atoms with Crippen LogP contribution < -0.4 is 11.1 Å². The fraction of sp³-hybridized carbons (Fsp3) is 0.522. The average molecular weight is 577 g/mol. The Morgan fingerprint density at radius 1 is 1.20 bits per heavy atom. The highest BCUT2D eigenvalue weighted by Gasteiger charge is 2.50. The van der Waals surface area contributed by atoms with Gasteiger partial charge in [-0.3, -0.25) is 9.48 Å². The van der Waals surface area contributed by atoms with E-state index in [1.807, 2.05) is 5.32 Å². The summed E-state index contributed by atoms with van der Waals surface area (Å²) in [5.41, 5.74) is 3.54. The van der Waals surface area contributed by atoms with E-state index >= 15 is 0 Å². The van der Waals surface area contributed by atoms with Crippen molar-refractivity contribution >= 4 is 17.6 Å². The third-order valence-electron chi connectivity index (χ3n) is 6.81. The molecule has 0 aliphatic carbocycles. The summed E-state index contributed by atoms with van der Waals surface area (Å²) < 4.78 is 88.6. The lowest BCUT2D eigenvalue weighted by atomic mass is 9.84. The monoisotopic (exact) mass is 576 g/mol. The number of methoxy groups -OCH3 is 1. The van der Waals surface area contributed by atoms with Crippen LogP contribution in [0, 0.1) is 5.41 Å². The predicted molar refractivity (Wildman–Crippen MR) is 126 cm³/mol. The van der Waals surface area contributed by atoms with Crippen LogP contribution in [0.3, 0.4) is 0 Å². The fourth-order valence-electron chi connectivity index (χ4n) is 4.46. The van der Waals surface area contributed by atoms with Crippen molar-refractivity contribution in [1.29, 1.82) is 0 Å². The fourth-order valence-corrected chi connectivity index (χ4v) is 4.46. The van der Waals surface area contributed by atoms with Gasteiger partial charge in [-0.15, -0.1) is 0 Å². The SMILES string of the molecule is COC[C@H](c1cnn2cc([C@H](CC(C)(C)C(F)(F)F)n3nccc3C(N)=O)nc2c1)N1C[C@@H](C(F)(F)F)NC1=O. The van der Waals surface area contributed by atoms with Crippen LogP contribution >= 0.6 is 0 Å². The number of hydrogen-bond acceptors (Lipinski definition) is 6. The molecule has 11 nitrogen and oxygen atoms in total. The first-order valence-electron chi connectivity index (χ1n) is 11.9. The number of hydrogen-bond donors (Lipinski definition) is 2. The van der Waals surface area contributed by atoms with Gasteiger partial charge in [-0.25, -0.2) is 14.3 Å². The molecule has 3 aromatic rings. The molecule has 17 heteroatoms. The highest BCUT2D eigenvalue weighted by atomic mass is 19.4. The van der Waals surface area contributed by atoms with E-state index in [1.54, 1.807) is 0 Å². The van der Waals surface area contributed by atoms with Gasteiger partial charge in [-0.1, -0.05) is 13.8 Å². The Kier molecular flexibility index (Phi) is 7.46. The Morgan fingerprint density at radius 3 is 2.48 bits per heavy atom. The number of nitrogens with one attached hydrogen (secondary N) is 1. The molecule has 3 N–H and O–H groups in total. The smallest absolute Gasteiger partial charge is 0.382 e. The number of aromatic nitrogens is 5. The maximum Gasteiger partial charge on any atom is 0.410 e. The maximum atomic E-state index is 13.8. The van der Waals surface area contributed by atoms with Crippen LogP contribution in [0.4, 0.5) is 31.1 Å². The van der Waals surface area contributed by atoms with E-state index in [-0.39, 0.29) is 29.2 Å². The number of ether oxygens (including phenoxy) is 1. The van der Waals surface area contributed by atoms with E-state index < -0.39 is 60.8 Å². The van der Waals surface area contributed by atoms with Crippen LogP contribution in [0.15, 0.2) is 30.7 Å². The summed E-state index contributed by atoms with van der Waals surface area (Å²) in [6.45, 7) is 1.18. The van der Waals surface area contributed by atoms with E-state index in [9.17, 15) is 35.9 Å². The van der Waals surface area contributed by atoms with E-state index in [1.165, 1.54) is 42.3 Å². The molecule has 4 heterocycles. The molecule has 1 fully saturated rings. The number of nitrogens with two attached hydrogens (primary N) is 1. The first-order chi connectivity index (χ1) is 18.5. The second kappa shape index (κ2) is 10.3. The van der Waals surface area contributed by atoms with Gasteiger partial charge in [0.15, 0.2) is 5.65 Å². The summed E-state index contributed by atoms with van der Waals surface area (Å²) in [7, 11) is 1.31. The van der Waals surface area contributed by atoms with Gasteiger partial charge in [0.1, 0.15) is 11.7 Å². The number of rotatable bonds is 9. The zero-order chi connectivity index (χ0) is 29.6. The number of carbonyl (C=O) groups excluding carboxylic acids is 2. The molecule has 0 saturated carbocycles. The lowest BCUT2D eigenvalue weighted by Crippen LogP contribution is -2.40. The van der Waals surface area contributed by atoms with Gasteiger partial charge >= 0.3 is 18.4 Å². The molecule has 218 valence electrons. The van der Waals surface area contributed by atoms with Crippen LogP contribution in [-0.4, -0.2) is 79.9 Å². The summed E-state index contributed by atoms with van der Waals surface area (Å²) >= 11 is 0. The molecular formula is C23H26F6N8O3. The molecule has 0 spiro atoms. The number of nitrogens with zero attached hydrogens (tertiary/aromatic N) is 6. The first kappa shape index (κ1) is 29.1. The van der Waals surface area contributed by atoms with E-state index in [2.05, 4.69) is 15.2 Å². The van der Waals surface area contributed by atoms with Crippen molar-refractivity contribution < 1.29 is 40.7 Å². The molecule has 1 aliphatic heterocycles. The summed E-state index contributed by atoms with van der Waals surface area (Å²) in [6, 6.07) is -2.46. The molecule has 3 amide bonds. The number of alkyl halides is 6. The molecule has 3 aromatic heterocycles. The number of fused-ring (bicyclic) bond motifs is 1. The summed E-state index contributed by atoms with van der Waals surface area (Å²) in [5, 5.41) is 10.1. The zero-order valence-corrected chi connectivity index (χ0v) is 21.5. The minimum atomic E-state index is -4.66. The minimum Gasteiger partial charge on any atom is -0.382 e. The Hall–Kier alpha value is -3.89. The molecule has 0 bridgehead atoms. The van der Waals surface area contributed by atoms with E-state index in [0.29, 0.717) is 0 Å². The second-order valence-electron chi connectivity index (χ2n) is 10.1. The molecular weight excluding hydrogens is 550 g/mol. The van der Waals surface area contributed by atoms with Crippen molar-refractivity contribution in [2.75, 3.05) is 20.3 Å². The van der Waals surface area contributed by atoms with Crippen molar-refractivity contribution in [2.45, 2.75) is 50.7 Å². The molecule has 40 heavy (non-hydrogen) atoms. The average Bonchev–Trinajstić information content (AvgIpc) is 3.57. The van der Waals surface area contributed by atoms with Crippen molar-refractivity contribution in [1.82, 2.24) is 34.6 Å². The number of urea groups is 1. The van der Waals surface area contributed by atoms with Gasteiger partial charge in [0.25, 0.3) is 5.91 Å². The highest BCUT2D eigenvalue weighted by molar-refractivity contribution is 5.91. The Bertz CT molecular complexity index is 1400. The Labute approximate surface area is 223 Å². The molecule has 1 saturated heterocycles. The third kappa shape index (κ3) is 5.55. The largest absolute Gasteiger partial charge is 0.410 e. The topological polar surface area (TPSA) is 133 Å². The van der Waals surface area contributed by atoms with Crippen molar-refractivity contribution in [3.8, 4) is 0 Å². The van der Waals surface area contributed by atoms with Crippen LogP contribution in [0.2, 0.25) is 0 Å². The van der Waals surface area contributed by atoms with Gasteiger partial charge in [0.05, 0.1) is 48.7 Å². The zero-order valence-electron chi connectivity index (χ0n) is 21.5. The van der Waals surface area contributed by atoms with Gasteiger partial charge in [0, 0.05) is 18.9 Å². The molecule has 0 unspecified atom stereocenters. The predicted octanol–water partition coefficient (Wildman–Crippen LogP) is 3.24. The standard InChI is InChI=1S/C23H26F6N8O3/c1-21(2,23(27,28)29)7-15(37-14(19(30)38)4-5-31-37)13-9-36-18(33-13)6-12(8-32-36)16(11-40-3)35-10-17(22(24,25)26)34-20(35)39/h4-6,8-9,15-17H,7,10-11H2,1-3H3,(H2,30,38)(H,34,39)/t15-,16+,17-/m0/s1. The number of amides is 3. The van der Waals surface area contributed by atoms with Crippen molar-refractivity contribution in [3.05, 3.63) is 47.7 Å². The Morgan fingerprint density at radius 2 is 1.90 bits per heavy atom. The normalized spacial score (nSPS) is 18.3. The van der Waals surface area contributed by atoms with Crippen LogP contribution in [-0.2, 0) is 4.74 Å². The maximum absolute atomic E-state index is 13.8.